The Morgan fingerprint density at radius 1 is 1.29 bits per heavy atom. The fourth-order valence-electron chi connectivity index (χ4n) is 2.85. The molecule has 24 heavy (non-hydrogen) atoms. The van der Waals surface area contributed by atoms with Crippen LogP contribution in [0, 0.1) is 13.8 Å². The van der Waals surface area contributed by atoms with Crippen LogP contribution in [0.3, 0.4) is 0 Å². The molecule has 2 aromatic rings. The Morgan fingerprint density at radius 3 is 2.50 bits per heavy atom. The third-order valence-corrected chi connectivity index (χ3v) is 4.45. The normalized spacial score (nSPS) is 14.6. The van der Waals surface area contributed by atoms with Crippen molar-refractivity contribution in [3.63, 3.8) is 0 Å². The summed E-state index contributed by atoms with van der Waals surface area (Å²) in [6.07, 6.45) is -1.73. The molecule has 3 heterocycles. The highest BCUT2D eigenvalue weighted by molar-refractivity contribution is 5.95. The number of aryl methyl sites for hydroxylation is 1. The maximum Gasteiger partial charge on any atom is 0.433 e. The molecule has 0 unspecified atom stereocenters. The van der Waals surface area contributed by atoms with Crippen molar-refractivity contribution >= 4 is 5.91 Å². The minimum atomic E-state index is -4.44. The van der Waals surface area contributed by atoms with E-state index < -0.39 is 11.9 Å². The molecule has 1 fully saturated rings. The van der Waals surface area contributed by atoms with E-state index in [0.717, 1.165) is 42.4 Å². The summed E-state index contributed by atoms with van der Waals surface area (Å²) in [6.45, 7) is 5.28. The van der Waals surface area contributed by atoms with E-state index in [9.17, 15) is 18.0 Å². The van der Waals surface area contributed by atoms with Gasteiger partial charge in [0.1, 0.15) is 11.4 Å². The number of hydrogen-bond acceptors (Lipinski definition) is 2. The third kappa shape index (κ3) is 3.02. The van der Waals surface area contributed by atoms with E-state index in [0.29, 0.717) is 17.7 Å². The zero-order chi connectivity index (χ0) is 17.5. The molecule has 4 nitrogen and oxygen atoms in total. The molecule has 1 N–H and O–H groups in total. The van der Waals surface area contributed by atoms with E-state index in [4.69, 9.17) is 0 Å². The van der Waals surface area contributed by atoms with Gasteiger partial charge in [-0.3, -0.25) is 9.78 Å². The highest BCUT2D eigenvalue weighted by Gasteiger charge is 2.32. The van der Waals surface area contributed by atoms with Gasteiger partial charge < -0.3 is 9.88 Å². The molecular formula is C17H18F3N3O. The van der Waals surface area contributed by atoms with Gasteiger partial charge in [-0.25, -0.2) is 0 Å². The number of amides is 1. The predicted molar refractivity (Wildman–Crippen MR) is 82.8 cm³/mol. The van der Waals surface area contributed by atoms with Gasteiger partial charge >= 0.3 is 6.18 Å². The van der Waals surface area contributed by atoms with Gasteiger partial charge in [-0.05, 0) is 43.0 Å². The SMILES string of the molecule is Cc1[nH]c(C(=O)N2CCC2)c(C)c1Cc1ccc(C(F)(F)F)nc1. The molecule has 0 saturated carbocycles. The molecule has 1 amide bonds. The number of likely N-dealkylation sites (tertiary alicyclic amines) is 1. The van der Waals surface area contributed by atoms with Crippen LogP contribution in [0.2, 0.25) is 0 Å². The lowest BCUT2D eigenvalue weighted by atomic mass is 10.0. The molecule has 7 heteroatoms. The minimum Gasteiger partial charge on any atom is -0.354 e. The highest BCUT2D eigenvalue weighted by atomic mass is 19.4. The molecule has 1 aliphatic rings. The smallest absolute Gasteiger partial charge is 0.354 e. The van der Waals surface area contributed by atoms with Gasteiger partial charge in [0.15, 0.2) is 0 Å². The number of aromatic amines is 1. The number of pyridine rings is 1. The largest absolute Gasteiger partial charge is 0.433 e. The fraction of sp³-hybridized carbons (Fsp3) is 0.412. The Labute approximate surface area is 137 Å². The predicted octanol–water partition coefficient (Wildman–Crippen LogP) is 3.48. The quantitative estimate of drug-likeness (QED) is 0.932. The van der Waals surface area contributed by atoms with Crippen LogP contribution in [0.4, 0.5) is 13.2 Å². The van der Waals surface area contributed by atoms with Crippen molar-refractivity contribution in [2.45, 2.75) is 32.9 Å². The summed E-state index contributed by atoms with van der Waals surface area (Å²) in [4.78, 5) is 20.8. The van der Waals surface area contributed by atoms with E-state index >= 15 is 0 Å². The van der Waals surface area contributed by atoms with Gasteiger partial charge in [0.25, 0.3) is 5.91 Å². The lowest BCUT2D eigenvalue weighted by molar-refractivity contribution is -0.141. The first kappa shape index (κ1) is 16.5. The van der Waals surface area contributed by atoms with Crippen LogP contribution in [-0.2, 0) is 12.6 Å². The number of carbonyl (C=O) groups is 1. The first-order valence-electron chi connectivity index (χ1n) is 7.77. The van der Waals surface area contributed by atoms with Gasteiger partial charge in [-0.15, -0.1) is 0 Å². The molecule has 1 saturated heterocycles. The summed E-state index contributed by atoms with van der Waals surface area (Å²) in [5, 5.41) is 0. The van der Waals surface area contributed by atoms with Gasteiger partial charge in [-0.1, -0.05) is 6.07 Å². The first-order chi connectivity index (χ1) is 11.3. The van der Waals surface area contributed by atoms with Crippen LogP contribution in [0.25, 0.3) is 0 Å². The Balaban J connectivity index is 1.82. The topological polar surface area (TPSA) is 49.0 Å². The van der Waals surface area contributed by atoms with Crippen molar-refractivity contribution in [3.8, 4) is 0 Å². The van der Waals surface area contributed by atoms with Crippen LogP contribution in [0.15, 0.2) is 18.3 Å². The summed E-state index contributed by atoms with van der Waals surface area (Å²) >= 11 is 0. The summed E-state index contributed by atoms with van der Waals surface area (Å²) in [6, 6.07) is 2.41. The molecule has 0 radical (unpaired) electrons. The van der Waals surface area contributed by atoms with Crippen LogP contribution in [-0.4, -0.2) is 33.9 Å². The second kappa shape index (κ2) is 5.96. The minimum absolute atomic E-state index is 0.0151. The lowest BCUT2D eigenvalue weighted by Crippen LogP contribution is -2.42. The fourth-order valence-corrected chi connectivity index (χ4v) is 2.85. The zero-order valence-corrected chi connectivity index (χ0v) is 13.5. The Bertz CT molecular complexity index is 759. The maximum atomic E-state index is 12.6. The maximum absolute atomic E-state index is 12.6. The molecule has 0 atom stereocenters. The average molecular weight is 337 g/mol. The molecule has 2 aromatic heterocycles. The van der Waals surface area contributed by atoms with Crippen molar-refractivity contribution in [1.82, 2.24) is 14.9 Å². The highest BCUT2D eigenvalue weighted by Crippen LogP contribution is 2.28. The molecule has 0 bridgehead atoms. The molecule has 3 rings (SSSR count). The van der Waals surface area contributed by atoms with Crippen LogP contribution < -0.4 is 0 Å². The molecule has 1 aliphatic heterocycles. The summed E-state index contributed by atoms with van der Waals surface area (Å²) in [5.74, 6) is -0.0151. The monoisotopic (exact) mass is 337 g/mol. The van der Waals surface area contributed by atoms with Crippen molar-refractivity contribution in [2.24, 2.45) is 0 Å². The van der Waals surface area contributed by atoms with Crippen molar-refractivity contribution in [2.75, 3.05) is 13.1 Å². The number of aromatic nitrogens is 2. The van der Waals surface area contributed by atoms with Gasteiger partial charge in [0, 0.05) is 31.4 Å². The molecule has 0 spiro atoms. The van der Waals surface area contributed by atoms with Crippen LogP contribution >= 0.6 is 0 Å². The number of hydrogen-bond donors (Lipinski definition) is 1. The molecule has 0 aliphatic carbocycles. The standard InChI is InChI=1S/C17H18F3N3O/c1-10-13(8-12-4-5-14(21-9-12)17(18,19)20)11(2)22-15(10)16(24)23-6-3-7-23/h4-5,9,22H,3,6-8H2,1-2H3. The van der Waals surface area contributed by atoms with E-state index in [1.807, 2.05) is 13.8 Å². The second-order valence-electron chi connectivity index (χ2n) is 6.10. The average Bonchev–Trinajstić information content (AvgIpc) is 2.73. The lowest BCUT2D eigenvalue weighted by Gasteiger charge is -2.30. The number of nitrogens with one attached hydrogen (secondary N) is 1. The summed E-state index contributed by atoms with van der Waals surface area (Å²) in [7, 11) is 0. The van der Waals surface area contributed by atoms with Crippen LogP contribution in [0.1, 0.15) is 45.0 Å². The number of alkyl halides is 3. The molecule has 128 valence electrons. The van der Waals surface area contributed by atoms with E-state index in [1.165, 1.54) is 12.3 Å². The van der Waals surface area contributed by atoms with E-state index in [1.54, 1.807) is 4.90 Å². The van der Waals surface area contributed by atoms with Crippen molar-refractivity contribution in [1.29, 1.82) is 0 Å². The zero-order valence-electron chi connectivity index (χ0n) is 13.5. The van der Waals surface area contributed by atoms with Crippen molar-refractivity contribution in [3.05, 3.63) is 52.1 Å². The number of nitrogens with zero attached hydrogens (tertiary/aromatic N) is 2. The summed E-state index contributed by atoms with van der Waals surface area (Å²) in [5.41, 5.74) is 2.99. The van der Waals surface area contributed by atoms with Crippen LogP contribution in [0.5, 0.6) is 0 Å². The van der Waals surface area contributed by atoms with Gasteiger partial charge in [0.05, 0.1) is 0 Å². The Morgan fingerprint density at radius 2 is 2.00 bits per heavy atom. The van der Waals surface area contributed by atoms with E-state index in [2.05, 4.69) is 9.97 Å². The third-order valence-electron chi connectivity index (χ3n) is 4.45. The molecular weight excluding hydrogens is 319 g/mol. The number of carbonyl (C=O) groups excluding carboxylic acids is 1. The van der Waals surface area contributed by atoms with Gasteiger partial charge in [-0.2, -0.15) is 13.2 Å². The Hall–Kier alpha value is -2.31. The number of halogens is 3. The van der Waals surface area contributed by atoms with E-state index in [-0.39, 0.29) is 5.91 Å². The summed E-state index contributed by atoms with van der Waals surface area (Å²) < 4.78 is 37.7. The first-order valence-corrected chi connectivity index (χ1v) is 7.77. The second-order valence-corrected chi connectivity index (χ2v) is 6.10. The Kier molecular flexibility index (Phi) is 4.11. The van der Waals surface area contributed by atoms with Gasteiger partial charge in [0.2, 0.25) is 0 Å². The number of rotatable bonds is 3. The molecule has 0 aromatic carbocycles. The number of H-pyrrole nitrogens is 1. The van der Waals surface area contributed by atoms with Crippen molar-refractivity contribution < 1.29 is 18.0 Å².